The van der Waals surface area contributed by atoms with Gasteiger partial charge in [-0.25, -0.2) is 0 Å². The molecule has 0 spiro atoms. The maximum absolute atomic E-state index is 4.07. The van der Waals surface area contributed by atoms with Gasteiger partial charge in [0.25, 0.3) is 0 Å². The molecule has 3 heteroatoms. The van der Waals surface area contributed by atoms with E-state index in [1.165, 1.54) is 41.8 Å². The second-order valence-electron chi connectivity index (χ2n) is 5.87. The molecular formula is C18H23N3. The van der Waals surface area contributed by atoms with Gasteiger partial charge in [-0.2, -0.15) is 0 Å². The van der Waals surface area contributed by atoms with Crippen LogP contribution in [0.5, 0.6) is 0 Å². The predicted molar refractivity (Wildman–Crippen MR) is 87.5 cm³/mol. The summed E-state index contributed by atoms with van der Waals surface area (Å²) in [6.45, 7) is 4.27. The molecule has 1 aromatic carbocycles. The van der Waals surface area contributed by atoms with Crippen LogP contribution in [0.2, 0.25) is 0 Å². The number of pyridine rings is 1. The molecule has 0 aliphatic carbocycles. The Hall–Kier alpha value is -1.87. The van der Waals surface area contributed by atoms with Crippen molar-refractivity contribution in [2.75, 3.05) is 18.5 Å². The molecule has 1 aliphatic rings. The van der Waals surface area contributed by atoms with Gasteiger partial charge in [0.15, 0.2) is 0 Å². The van der Waals surface area contributed by atoms with E-state index in [2.05, 4.69) is 59.5 Å². The normalized spacial score (nSPS) is 15.6. The van der Waals surface area contributed by atoms with E-state index < -0.39 is 0 Å². The maximum atomic E-state index is 4.07. The van der Waals surface area contributed by atoms with Gasteiger partial charge in [-0.05, 0) is 54.7 Å². The average Bonchev–Trinajstić information content (AvgIpc) is 2.53. The first-order chi connectivity index (χ1) is 10.2. The fourth-order valence-corrected chi connectivity index (χ4v) is 2.99. The van der Waals surface area contributed by atoms with Crippen molar-refractivity contribution in [2.24, 2.45) is 0 Å². The Labute approximate surface area is 127 Å². The Morgan fingerprint density at radius 1 is 1.24 bits per heavy atom. The number of rotatable bonds is 4. The van der Waals surface area contributed by atoms with Crippen molar-refractivity contribution in [3.8, 4) is 0 Å². The fraction of sp³-hybridized carbons (Fsp3) is 0.389. The Balaban J connectivity index is 1.66. The summed E-state index contributed by atoms with van der Waals surface area (Å²) in [7, 11) is 2.18. The Kier molecular flexibility index (Phi) is 4.20. The molecule has 0 fully saturated rings. The number of hydrogen-bond acceptors (Lipinski definition) is 3. The molecule has 2 heterocycles. The number of anilines is 1. The van der Waals surface area contributed by atoms with Gasteiger partial charge in [-0.15, -0.1) is 0 Å². The summed E-state index contributed by atoms with van der Waals surface area (Å²) in [5.74, 6) is 0. The number of nitrogens with zero attached hydrogens (tertiary/aromatic N) is 2. The smallest absolute Gasteiger partial charge is 0.0396 e. The van der Waals surface area contributed by atoms with Crippen molar-refractivity contribution in [1.29, 1.82) is 0 Å². The third-order valence-electron chi connectivity index (χ3n) is 4.31. The molecule has 2 aromatic rings. The van der Waals surface area contributed by atoms with E-state index in [1.54, 1.807) is 0 Å². The number of fused-ring (bicyclic) bond motifs is 1. The van der Waals surface area contributed by atoms with E-state index >= 15 is 0 Å². The molecular weight excluding hydrogens is 258 g/mol. The minimum absolute atomic E-state index is 0.340. The Morgan fingerprint density at radius 3 is 2.86 bits per heavy atom. The van der Waals surface area contributed by atoms with Crippen LogP contribution < -0.4 is 10.2 Å². The maximum Gasteiger partial charge on any atom is 0.0396 e. The van der Waals surface area contributed by atoms with Gasteiger partial charge in [0.2, 0.25) is 0 Å². The summed E-state index contributed by atoms with van der Waals surface area (Å²) in [4.78, 5) is 6.43. The van der Waals surface area contributed by atoms with Gasteiger partial charge in [-0.1, -0.05) is 12.1 Å². The Bertz CT molecular complexity index is 595. The van der Waals surface area contributed by atoms with Crippen molar-refractivity contribution >= 4 is 5.69 Å². The van der Waals surface area contributed by atoms with Gasteiger partial charge in [-0.3, -0.25) is 4.98 Å². The monoisotopic (exact) mass is 281 g/mol. The number of nitrogens with one attached hydrogen (secondary N) is 1. The van der Waals surface area contributed by atoms with Gasteiger partial charge in [0.05, 0.1) is 0 Å². The number of benzene rings is 1. The van der Waals surface area contributed by atoms with Crippen LogP contribution in [0.15, 0.2) is 42.7 Å². The molecule has 1 aromatic heterocycles. The summed E-state index contributed by atoms with van der Waals surface area (Å²) >= 11 is 0. The molecule has 21 heavy (non-hydrogen) atoms. The van der Waals surface area contributed by atoms with Crippen LogP contribution in [0.25, 0.3) is 0 Å². The highest BCUT2D eigenvalue weighted by Crippen LogP contribution is 2.27. The van der Waals surface area contributed by atoms with E-state index in [1.807, 2.05) is 12.4 Å². The molecule has 0 radical (unpaired) electrons. The molecule has 0 amide bonds. The van der Waals surface area contributed by atoms with Crippen LogP contribution in [0.3, 0.4) is 0 Å². The van der Waals surface area contributed by atoms with Crippen LogP contribution in [0, 0.1) is 0 Å². The fourth-order valence-electron chi connectivity index (χ4n) is 2.99. The molecule has 3 rings (SSSR count). The lowest BCUT2D eigenvalue weighted by Gasteiger charge is -2.28. The summed E-state index contributed by atoms with van der Waals surface area (Å²) in [5, 5.41) is 3.59. The highest BCUT2D eigenvalue weighted by molar-refractivity contribution is 5.56. The van der Waals surface area contributed by atoms with Crippen molar-refractivity contribution in [3.63, 3.8) is 0 Å². The second-order valence-corrected chi connectivity index (χ2v) is 5.87. The summed E-state index contributed by atoms with van der Waals surface area (Å²) in [5.41, 5.74) is 5.53. The summed E-state index contributed by atoms with van der Waals surface area (Å²) < 4.78 is 0. The third kappa shape index (κ3) is 3.24. The number of aryl methyl sites for hydroxylation is 1. The minimum Gasteiger partial charge on any atom is -0.374 e. The third-order valence-corrected chi connectivity index (χ3v) is 4.31. The summed E-state index contributed by atoms with van der Waals surface area (Å²) in [6, 6.07) is 11.3. The molecule has 3 nitrogen and oxygen atoms in total. The highest BCUT2D eigenvalue weighted by Gasteiger charge is 2.13. The van der Waals surface area contributed by atoms with Crippen molar-refractivity contribution in [3.05, 3.63) is 59.4 Å². The largest absolute Gasteiger partial charge is 0.374 e. The molecule has 110 valence electrons. The molecule has 1 unspecified atom stereocenters. The molecule has 1 atom stereocenters. The topological polar surface area (TPSA) is 28.2 Å². The molecule has 1 N–H and O–H groups in total. The van der Waals surface area contributed by atoms with Gasteiger partial charge in [0.1, 0.15) is 0 Å². The second kappa shape index (κ2) is 6.27. The van der Waals surface area contributed by atoms with Crippen LogP contribution >= 0.6 is 0 Å². The first-order valence-corrected chi connectivity index (χ1v) is 7.70. The molecule has 0 saturated heterocycles. The van der Waals surface area contributed by atoms with Crippen LogP contribution in [0.4, 0.5) is 5.69 Å². The number of aromatic nitrogens is 1. The number of hydrogen-bond donors (Lipinski definition) is 1. The SMILES string of the molecule is CC(NCc1ccc2c(c1)CCCN2C)c1ccncc1. The Morgan fingerprint density at radius 2 is 2.05 bits per heavy atom. The van der Waals surface area contributed by atoms with E-state index in [0.29, 0.717) is 6.04 Å². The quantitative estimate of drug-likeness (QED) is 0.932. The lowest BCUT2D eigenvalue weighted by molar-refractivity contribution is 0.573. The molecule has 0 bridgehead atoms. The standard InChI is InChI=1S/C18H23N3/c1-14(16-7-9-19-10-8-16)20-13-15-5-6-18-17(12-15)4-3-11-21(18)2/h5-10,12,14,20H,3-4,11,13H2,1-2H3. The minimum atomic E-state index is 0.340. The lowest BCUT2D eigenvalue weighted by atomic mass is 9.99. The zero-order valence-electron chi connectivity index (χ0n) is 12.8. The van der Waals surface area contributed by atoms with Crippen LogP contribution in [-0.4, -0.2) is 18.6 Å². The van der Waals surface area contributed by atoms with E-state index in [4.69, 9.17) is 0 Å². The van der Waals surface area contributed by atoms with Gasteiger partial charge in [0, 0.05) is 44.3 Å². The summed E-state index contributed by atoms with van der Waals surface area (Å²) in [6.07, 6.45) is 6.16. The van der Waals surface area contributed by atoms with E-state index in [-0.39, 0.29) is 0 Å². The van der Waals surface area contributed by atoms with Crippen LogP contribution in [0.1, 0.15) is 36.1 Å². The zero-order valence-corrected chi connectivity index (χ0v) is 12.8. The van der Waals surface area contributed by atoms with E-state index in [9.17, 15) is 0 Å². The van der Waals surface area contributed by atoms with Crippen molar-refractivity contribution in [2.45, 2.75) is 32.4 Å². The molecule has 1 aliphatic heterocycles. The van der Waals surface area contributed by atoms with Crippen LogP contribution in [-0.2, 0) is 13.0 Å². The first kappa shape index (κ1) is 14.1. The predicted octanol–water partition coefficient (Wildman–Crippen LogP) is 3.31. The van der Waals surface area contributed by atoms with Gasteiger partial charge >= 0.3 is 0 Å². The van der Waals surface area contributed by atoms with Crippen molar-refractivity contribution < 1.29 is 0 Å². The molecule has 0 saturated carbocycles. The first-order valence-electron chi connectivity index (χ1n) is 7.70. The average molecular weight is 281 g/mol. The zero-order chi connectivity index (χ0) is 14.7. The highest BCUT2D eigenvalue weighted by atomic mass is 15.1. The van der Waals surface area contributed by atoms with Crippen molar-refractivity contribution in [1.82, 2.24) is 10.3 Å². The lowest BCUT2D eigenvalue weighted by Crippen LogP contribution is -2.25. The van der Waals surface area contributed by atoms with Gasteiger partial charge < -0.3 is 10.2 Å². The van der Waals surface area contributed by atoms with E-state index in [0.717, 1.165) is 6.54 Å².